The number of carbonyl (C=O) groups excluding carboxylic acids is 1. The van der Waals surface area contributed by atoms with Crippen LogP contribution in [0.4, 0.5) is 0 Å². The first-order valence-corrected chi connectivity index (χ1v) is 11.2. The molecule has 1 saturated heterocycles. The highest BCUT2D eigenvalue weighted by atomic mass is 32.2. The van der Waals surface area contributed by atoms with Crippen molar-refractivity contribution in [2.24, 2.45) is 0 Å². The van der Waals surface area contributed by atoms with E-state index in [1.165, 1.54) is 11.8 Å². The van der Waals surface area contributed by atoms with Gasteiger partial charge in [-0.25, -0.2) is 13.4 Å². The molecular formula is C17H22N4O3S2. The molecule has 0 aliphatic carbocycles. The number of nitrogens with one attached hydrogen (secondary N) is 1. The molecule has 7 nitrogen and oxygen atoms in total. The predicted octanol–water partition coefficient (Wildman–Crippen LogP) is 1.99. The van der Waals surface area contributed by atoms with Crippen molar-refractivity contribution in [2.75, 3.05) is 18.1 Å². The first-order chi connectivity index (χ1) is 12.4. The number of thioether (sulfide) groups is 1. The number of aromatic nitrogens is 3. The van der Waals surface area contributed by atoms with Crippen molar-refractivity contribution in [3.63, 3.8) is 0 Å². The molecule has 0 saturated carbocycles. The minimum Gasteiger partial charge on any atom is -0.338 e. The molecule has 0 bridgehead atoms. The number of nitrogens with zero attached hydrogens (tertiary/aromatic N) is 3. The van der Waals surface area contributed by atoms with E-state index in [0.717, 1.165) is 5.56 Å². The third-order valence-corrected chi connectivity index (χ3v) is 7.11. The summed E-state index contributed by atoms with van der Waals surface area (Å²) in [5.41, 5.74) is 0.928. The third-order valence-electron chi connectivity index (χ3n) is 4.42. The van der Waals surface area contributed by atoms with E-state index in [9.17, 15) is 13.2 Å². The van der Waals surface area contributed by atoms with Crippen LogP contribution < -0.4 is 0 Å². The van der Waals surface area contributed by atoms with Gasteiger partial charge in [0.2, 0.25) is 11.1 Å². The van der Waals surface area contributed by atoms with Crippen LogP contribution in [0.5, 0.6) is 0 Å². The average Bonchev–Trinajstić information content (AvgIpc) is 3.22. The van der Waals surface area contributed by atoms with Gasteiger partial charge in [0, 0.05) is 18.2 Å². The average molecular weight is 395 g/mol. The van der Waals surface area contributed by atoms with Crippen LogP contribution in [0.25, 0.3) is 11.4 Å². The lowest BCUT2D eigenvalue weighted by Gasteiger charge is -2.29. The van der Waals surface area contributed by atoms with Crippen LogP contribution in [0.1, 0.15) is 20.3 Å². The summed E-state index contributed by atoms with van der Waals surface area (Å²) in [6.45, 7) is 4.17. The van der Waals surface area contributed by atoms with Crippen molar-refractivity contribution in [1.82, 2.24) is 20.1 Å². The first-order valence-electron chi connectivity index (χ1n) is 8.55. The van der Waals surface area contributed by atoms with Crippen LogP contribution in [0, 0.1) is 0 Å². The molecule has 9 heteroatoms. The Bertz CT molecular complexity index is 867. The second kappa shape index (κ2) is 7.79. The predicted molar refractivity (Wildman–Crippen MR) is 102 cm³/mol. The summed E-state index contributed by atoms with van der Waals surface area (Å²) >= 11 is 1.28. The molecule has 1 aromatic heterocycles. The van der Waals surface area contributed by atoms with E-state index in [0.29, 0.717) is 23.9 Å². The fraction of sp³-hybridized carbons (Fsp3) is 0.471. The summed E-state index contributed by atoms with van der Waals surface area (Å²) in [7, 11) is -3.03. The number of hydrogen-bond acceptors (Lipinski definition) is 6. The molecule has 0 unspecified atom stereocenters. The van der Waals surface area contributed by atoms with Gasteiger partial charge in [0.25, 0.3) is 0 Å². The van der Waals surface area contributed by atoms with E-state index in [-0.39, 0.29) is 23.5 Å². The highest BCUT2D eigenvalue weighted by Crippen LogP contribution is 2.26. The van der Waals surface area contributed by atoms with Gasteiger partial charge in [0.15, 0.2) is 15.7 Å². The molecule has 1 fully saturated rings. The topological polar surface area (TPSA) is 96.0 Å². The molecular weight excluding hydrogens is 372 g/mol. The van der Waals surface area contributed by atoms with Gasteiger partial charge >= 0.3 is 0 Å². The highest BCUT2D eigenvalue weighted by molar-refractivity contribution is 8.00. The maximum atomic E-state index is 12.8. The van der Waals surface area contributed by atoms with Gasteiger partial charge in [0.05, 0.1) is 16.8 Å². The van der Waals surface area contributed by atoms with Gasteiger partial charge in [-0.05, 0) is 20.3 Å². The van der Waals surface area contributed by atoms with Crippen molar-refractivity contribution >= 4 is 27.5 Å². The maximum absolute atomic E-state index is 12.8. The van der Waals surface area contributed by atoms with Crippen molar-refractivity contribution < 1.29 is 13.2 Å². The van der Waals surface area contributed by atoms with Gasteiger partial charge in [-0.2, -0.15) is 0 Å². The Balaban J connectivity index is 1.66. The molecule has 0 spiro atoms. The Morgan fingerprint density at radius 1 is 1.38 bits per heavy atom. The van der Waals surface area contributed by atoms with Crippen LogP contribution in [0.15, 0.2) is 35.5 Å². The van der Waals surface area contributed by atoms with E-state index in [1.807, 2.05) is 37.3 Å². The number of sulfone groups is 1. The van der Waals surface area contributed by atoms with E-state index in [2.05, 4.69) is 15.2 Å². The van der Waals surface area contributed by atoms with Crippen LogP contribution in [-0.4, -0.2) is 63.7 Å². The van der Waals surface area contributed by atoms with Gasteiger partial charge in [0.1, 0.15) is 0 Å². The van der Waals surface area contributed by atoms with E-state index in [1.54, 1.807) is 11.8 Å². The largest absolute Gasteiger partial charge is 0.338 e. The quantitative estimate of drug-likeness (QED) is 0.753. The molecule has 3 rings (SSSR count). The zero-order valence-electron chi connectivity index (χ0n) is 14.8. The van der Waals surface area contributed by atoms with E-state index >= 15 is 0 Å². The lowest BCUT2D eigenvalue weighted by molar-refractivity contribution is -0.131. The Labute approximate surface area is 157 Å². The van der Waals surface area contributed by atoms with Crippen LogP contribution in [-0.2, 0) is 14.6 Å². The van der Waals surface area contributed by atoms with Crippen molar-refractivity contribution in [3.05, 3.63) is 30.3 Å². The number of benzene rings is 1. The van der Waals surface area contributed by atoms with E-state index < -0.39 is 15.1 Å². The van der Waals surface area contributed by atoms with Gasteiger partial charge in [-0.3, -0.25) is 9.89 Å². The minimum absolute atomic E-state index is 0.0583. The summed E-state index contributed by atoms with van der Waals surface area (Å²) in [6.07, 6.45) is 0.512. The molecule has 1 aromatic carbocycles. The van der Waals surface area contributed by atoms with Crippen molar-refractivity contribution in [2.45, 2.75) is 36.7 Å². The molecule has 1 N–H and O–H groups in total. The fourth-order valence-corrected chi connectivity index (χ4v) is 5.61. The highest BCUT2D eigenvalue weighted by Gasteiger charge is 2.35. The van der Waals surface area contributed by atoms with Gasteiger partial charge in [-0.1, -0.05) is 42.1 Å². The Kier molecular flexibility index (Phi) is 5.67. The Morgan fingerprint density at radius 3 is 2.73 bits per heavy atom. The molecule has 2 heterocycles. The van der Waals surface area contributed by atoms with Crippen LogP contribution in [0.3, 0.4) is 0 Å². The molecule has 0 radical (unpaired) electrons. The summed E-state index contributed by atoms with van der Waals surface area (Å²) < 4.78 is 23.4. The SMILES string of the molecule is CCN(C(=O)[C@@H](C)Sc1n[nH]c(-c2ccccc2)n1)[C@H]1CCS(=O)(=O)C1. The molecule has 1 amide bonds. The van der Waals surface area contributed by atoms with Gasteiger partial charge < -0.3 is 4.90 Å². The van der Waals surface area contributed by atoms with Crippen LogP contribution in [0.2, 0.25) is 0 Å². The Hall–Kier alpha value is -1.87. The number of carbonyl (C=O) groups is 1. The second-order valence-electron chi connectivity index (χ2n) is 6.27. The normalized spacial score (nSPS) is 20.0. The molecule has 2 atom stereocenters. The fourth-order valence-electron chi connectivity index (χ4n) is 3.08. The zero-order valence-corrected chi connectivity index (χ0v) is 16.4. The summed E-state index contributed by atoms with van der Waals surface area (Å²) in [5.74, 6) is 0.792. The number of H-pyrrole nitrogens is 1. The van der Waals surface area contributed by atoms with Gasteiger partial charge in [-0.15, -0.1) is 5.10 Å². The lowest BCUT2D eigenvalue weighted by Crippen LogP contribution is -2.44. The number of amides is 1. The molecule has 1 aliphatic rings. The standard InChI is InChI=1S/C17H22N4O3S2/c1-3-21(14-9-10-26(23,24)11-14)16(22)12(2)25-17-18-15(19-20-17)13-7-5-4-6-8-13/h4-8,12,14H,3,9-11H2,1-2H3,(H,18,19,20)/t12-,14+/m1/s1. The minimum atomic E-state index is -3.03. The molecule has 140 valence electrons. The summed E-state index contributed by atoms with van der Waals surface area (Å²) in [5, 5.41) is 7.18. The number of hydrogen-bond donors (Lipinski definition) is 1. The summed E-state index contributed by atoms with van der Waals surface area (Å²) in [4.78, 5) is 18.9. The molecule has 2 aromatic rings. The smallest absolute Gasteiger partial charge is 0.236 e. The van der Waals surface area contributed by atoms with E-state index in [4.69, 9.17) is 0 Å². The monoisotopic (exact) mass is 394 g/mol. The number of rotatable bonds is 6. The molecule has 1 aliphatic heterocycles. The van der Waals surface area contributed by atoms with Crippen molar-refractivity contribution in [1.29, 1.82) is 0 Å². The second-order valence-corrected chi connectivity index (χ2v) is 9.81. The van der Waals surface area contributed by atoms with Crippen molar-refractivity contribution in [3.8, 4) is 11.4 Å². The maximum Gasteiger partial charge on any atom is 0.236 e. The Morgan fingerprint density at radius 2 is 2.12 bits per heavy atom. The molecule has 26 heavy (non-hydrogen) atoms. The lowest BCUT2D eigenvalue weighted by atomic mass is 10.2. The first kappa shape index (κ1) is 18.9. The third kappa shape index (κ3) is 4.27. The zero-order chi connectivity index (χ0) is 18.7. The summed E-state index contributed by atoms with van der Waals surface area (Å²) in [6, 6.07) is 9.41. The number of aromatic amines is 1. The van der Waals surface area contributed by atoms with Crippen LogP contribution >= 0.6 is 11.8 Å².